The van der Waals surface area contributed by atoms with Gasteiger partial charge in [-0.3, -0.25) is 5.32 Å². The largest absolute Gasteiger partial charge is 0.465 e. The van der Waals surface area contributed by atoms with Gasteiger partial charge in [0, 0.05) is 10.5 Å². The molecule has 1 unspecified atom stereocenters. The van der Waals surface area contributed by atoms with E-state index in [0.29, 0.717) is 12.6 Å². The molecular weight excluding hydrogens is 294 g/mol. The molecule has 0 radical (unpaired) electrons. The van der Waals surface area contributed by atoms with E-state index in [1.54, 1.807) is 0 Å². The van der Waals surface area contributed by atoms with Gasteiger partial charge in [-0.05, 0) is 43.9 Å². The molecule has 1 saturated carbocycles. The summed E-state index contributed by atoms with van der Waals surface area (Å²) >= 11 is 3.47. The van der Waals surface area contributed by atoms with Crippen LogP contribution in [0.1, 0.15) is 36.9 Å². The number of esters is 1. The molecule has 0 aliphatic heterocycles. The first-order chi connectivity index (χ1) is 8.61. The zero-order valence-corrected chi connectivity index (χ0v) is 12.3. The summed E-state index contributed by atoms with van der Waals surface area (Å²) < 4.78 is 6.20. The van der Waals surface area contributed by atoms with Crippen molar-refractivity contribution < 1.29 is 9.53 Å². The average molecular weight is 312 g/mol. The Morgan fingerprint density at radius 3 is 2.83 bits per heavy atom. The molecule has 1 fully saturated rings. The monoisotopic (exact) mass is 311 g/mol. The van der Waals surface area contributed by atoms with Crippen LogP contribution in [-0.2, 0) is 9.53 Å². The molecule has 2 rings (SSSR count). The highest BCUT2D eigenvalue weighted by Crippen LogP contribution is 2.27. The first-order valence-corrected chi connectivity index (χ1v) is 7.10. The van der Waals surface area contributed by atoms with E-state index in [1.807, 2.05) is 32.0 Å². The first kappa shape index (κ1) is 13.6. The molecule has 0 amide bonds. The summed E-state index contributed by atoms with van der Waals surface area (Å²) in [4.78, 5) is 12.0. The van der Waals surface area contributed by atoms with E-state index < -0.39 is 0 Å². The number of ether oxygens (including phenoxy) is 1. The van der Waals surface area contributed by atoms with Gasteiger partial charge >= 0.3 is 5.97 Å². The molecule has 1 N–H and O–H groups in total. The van der Waals surface area contributed by atoms with Crippen LogP contribution in [0.3, 0.4) is 0 Å². The highest BCUT2D eigenvalue weighted by atomic mass is 79.9. The van der Waals surface area contributed by atoms with Crippen LogP contribution in [-0.4, -0.2) is 18.6 Å². The van der Waals surface area contributed by atoms with Crippen molar-refractivity contribution in [1.29, 1.82) is 0 Å². The second-order valence-electron chi connectivity index (χ2n) is 4.63. The molecule has 1 aromatic rings. The van der Waals surface area contributed by atoms with Gasteiger partial charge in [0.15, 0.2) is 0 Å². The Morgan fingerprint density at radius 2 is 2.28 bits per heavy atom. The van der Waals surface area contributed by atoms with Crippen LogP contribution in [0.25, 0.3) is 0 Å². The van der Waals surface area contributed by atoms with Crippen LogP contribution in [0, 0.1) is 6.92 Å². The summed E-state index contributed by atoms with van der Waals surface area (Å²) in [7, 11) is 0. The lowest BCUT2D eigenvalue weighted by molar-refractivity contribution is -0.145. The Balaban J connectivity index is 2.20. The molecule has 1 aliphatic rings. The van der Waals surface area contributed by atoms with Crippen molar-refractivity contribution in [1.82, 2.24) is 5.32 Å². The van der Waals surface area contributed by atoms with Crippen LogP contribution in [0.5, 0.6) is 0 Å². The maximum Gasteiger partial charge on any atom is 0.327 e. The zero-order chi connectivity index (χ0) is 13.1. The van der Waals surface area contributed by atoms with E-state index in [-0.39, 0.29) is 12.0 Å². The van der Waals surface area contributed by atoms with Crippen molar-refractivity contribution in [3.8, 4) is 0 Å². The minimum atomic E-state index is -0.343. The quantitative estimate of drug-likeness (QED) is 0.849. The fraction of sp³-hybridized carbons (Fsp3) is 0.500. The lowest BCUT2D eigenvalue weighted by Crippen LogP contribution is -2.31. The van der Waals surface area contributed by atoms with E-state index in [0.717, 1.165) is 28.4 Å². The van der Waals surface area contributed by atoms with Crippen molar-refractivity contribution >= 4 is 21.9 Å². The molecule has 1 aliphatic carbocycles. The Bertz CT molecular complexity index is 443. The number of aryl methyl sites for hydroxylation is 1. The number of carbonyl (C=O) groups excluding carboxylic acids is 1. The highest BCUT2D eigenvalue weighted by molar-refractivity contribution is 9.10. The second-order valence-corrected chi connectivity index (χ2v) is 5.49. The highest BCUT2D eigenvalue weighted by Gasteiger charge is 2.30. The molecule has 1 aromatic carbocycles. The van der Waals surface area contributed by atoms with Crippen LogP contribution >= 0.6 is 15.9 Å². The number of carbonyl (C=O) groups is 1. The number of hydrogen-bond acceptors (Lipinski definition) is 3. The molecule has 0 bridgehead atoms. The van der Waals surface area contributed by atoms with Gasteiger partial charge < -0.3 is 4.74 Å². The van der Waals surface area contributed by atoms with Crippen molar-refractivity contribution in [2.75, 3.05) is 6.61 Å². The summed E-state index contributed by atoms with van der Waals surface area (Å²) in [6, 6.07) is 6.09. The van der Waals surface area contributed by atoms with Gasteiger partial charge in [-0.25, -0.2) is 4.79 Å². The molecule has 4 heteroatoms. The van der Waals surface area contributed by atoms with Gasteiger partial charge in [0.25, 0.3) is 0 Å². The maximum atomic E-state index is 12.0. The van der Waals surface area contributed by atoms with E-state index in [9.17, 15) is 4.79 Å². The van der Waals surface area contributed by atoms with Gasteiger partial charge in [0.2, 0.25) is 0 Å². The van der Waals surface area contributed by atoms with E-state index in [2.05, 4.69) is 21.2 Å². The molecule has 0 saturated heterocycles. The normalized spacial score (nSPS) is 16.4. The Kier molecular flexibility index (Phi) is 4.40. The lowest BCUT2D eigenvalue weighted by Gasteiger charge is -2.18. The summed E-state index contributed by atoms with van der Waals surface area (Å²) in [5.41, 5.74) is 2.10. The number of nitrogens with one attached hydrogen (secondary N) is 1. The minimum absolute atomic E-state index is 0.189. The summed E-state index contributed by atoms with van der Waals surface area (Å²) in [6.45, 7) is 4.27. The van der Waals surface area contributed by atoms with Crippen LogP contribution in [0.4, 0.5) is 0 Å². The van der Waals surface area contributed by atoms with Gasteiger partial charge in [-0.1, -0.05) is 28.1 Å². The number of rotatable bonds is 5. The Hall–Kier alpha value is -0.870. The summed E-state index contributed by atoms with van der Waals surface area (Å²) in [5, 5.41) is 3.35. The molecule has 3 nitrogen and oxygen atoms in total. The zero-order valence-electron chi connectivity index (χ0n) is 10.7. The minimum Gasteiger partial charge on any atom is -0.465 e. The number of hydrogen-bond donors (Lipinski definition) is 1. The van der Waals surface area contributed by atoms with Gasteiger partial charge in [-0.2, -0.15) is 0 Å². The second kappa shape index (κ2) is 5.85. The summed E-state index contributed by atoms with van der Waals surface area (Å²) in [5.74, 6) is -0.189. The van der Waals surface area contributed by atoms with Gasteiger partial charge in [0.05, 0.1) is 6.61 Å². The van der Waals surface area contributed by atoms with Crippen molar-refractivity contribution in [2.24, 2.45) is 0 Å². The molecule has 98 valence electrons. The third-order valence-electron chi connectivity index (χ3n) is 3.02. The molecule has 18 heavy (non-hydrogen) atoms. The Labute approximate surface area is 116 Å². The molecule has 1 atom stereocenters. The summed E-state index contributed by atoms with van der Waals surface area (Å²) in [6.07, 6.45) is 2.29. The maximum absolute atomic E-state index is 12.0. The van der Waals surface area contributed by atoms with Crippen molar-refractivity contribution in [3.05, 3.63) is 33.8 Å². The van der Waals surface area contributed by atoms with E-state index in [4.69, 9.17) is 4.74 Å². The van der Waals surface area contributed by atoms with Gasteiger partial charge in [-0.15, -0.1) is 0 Å². The van der Waals surface area contributed by atoms with Crippen LogP contribution < -0.4 is 5.32 Å². The van der Waals surface area contributed by atoms with Crippen molar-refractivity contribution in [2.45, 2.75) is 38.8 Å². The van der Waals surface area contributed by atoms with Crippen molar-refractivity contribution in [3.63, 3.8) is 0 Å². The molecular formula is C14H18BrNO2. The van der Waals surface area contributed by atoms with Crippen LogP contribution in [0.15, 0.2) is 22.7 Å². The van der Waals surface area contributed by atoms with E-state index >= 15 is 0 Å². The molecule has 0 aromatic heterocycles. The standard InChI is InChI=1S/C14H18BrNO2/c1-3-18-14(17)13(16-11-5-6-11)10-4-7-12(15)9(2)8-10/h4,7-8,11,13,16H,3,5-6H2,1-2H3. The fourth-order valence-electron chi connectivity index (χ4n) is 1.86. The third kappa shape index (κ3) is 3.33. The van der Waals surface area contributed by atoms with Crippen LogP contribution in [0.2, 0.25) is 0 Å². The third-order valence-corrected chi connectivity index (χ3v) is 3.91. The first-order valence-electron chi connectivity index (χ1n) is 6.30. The predicted molar refractivity (Wildman–Crippen MR) is 74.4 cm³/mol. The predicted octanol–water partition coefficient (Wildman–Crippen LogP) is 3.11. The molecule has 0 spiro atoms. The van der Waals surface area contributed by atoms with Gasteiger partial charge in [0.1, 0.15) is 6.04 Å². The average Bonchev–Trinajstić information content (AvgIpc) is 3.14. The Morgan fingerprint density at radius 1 is 1.56 bits per heavy atom. The smallest absolute Gasteiger partial charge is 0.327 e. The number of benzene rings is 1. The SMILES string of the molecule is CCOC(=O)C(NC1CC1)c1ccc(Br)c(C)c1. The fourth-order valence-corrected chi connectivity index (χ4v) is 2.11. The topological polar surface area (TPSA) is 38.3 Å². The molecule has 0 heterocycles. The van der Waals surface area contributed by atoms with E-state index in [1.165, 1.54) is 0 Å². The lowest BCUT2D eigenvalue weighted by atomic mass is 10.0. The number of halogens is 1.